The van der Waals surface area contributed by atoms with Gasteiger partial charge in [-0.3, -0.25) is 4.79 Å². The number of hydrogen-bond acceptors (Lipinski definition) is 4. The summed E-state index contributed by atoms with van der Waals surface area (Å²) in [5.41, 5.74) is 0.506. The van der Waals surface area contributed by atoms with Crippen molar-refractivity contribution < 1.29 is 18.7 Å². The molecule has 1 aromatic heterocycles. The molecule has 1 spiro atoms. The Labute approximate surface area is 127 Å². The fourth-order valence-corrected chi connectivity index (χ4v) is 3.27. The van der Waals surface area contributed by atoms with Gasteiger partial charge in [-0.1, -0.05) is 18.2 Å². The van der Waals surface area contributed by atoms with E-state index in [9.17, 15) is 9.59 Å². The third-order valence-corrected chi connectivity index (χ3v) is 4.47. The first-order valence-corrected chi connectivity index (χ1v) is 7.35. The van der Waals surface area contributed by atoms with Crippen LogP contribution >= 0.6 is 0 Å². The van der Waals surface area contributed by atoms with Gasteiger partial charge in [-0.25, -0.2) is 4.79 Å². The van der Waals surface area contributed by atoms with E-state index in [1.54, 1.807) is 11.0 Å². The average Bonchev–Trinajstić information content (AvgIpc) is 3.14. The van der Waals surface area contributed by atoms with Gasteiger partial charge in [0.15, 0.2) is 11.4 Å². The van der Waals surface area contributed by atoms with E-state index in [0.29, 0.717) is 42.8 Å². The number of piperidine rings is 1. The molecule has 0 unspecified atom stereocenters. The van der Waals surface area contributed by atoms with Crippen molar-refractivity contribution in [2.45, 2.75) is 18.4 Å². The lowest BCUT2D eigenvalue weighted by Gasteiger charge is -2.37. The number of furan rings is 1. The molecule has 4 rings (SSSR count). The molecule has 5 heteroatoms. The number of amides is 1. The normalized spacial score (nSPS) is 19.1. The summed E-state index contributed by atoms with van der Waals surface area (Å²) in [4.78, 5) is 26.1. The highest BCUT2D eigenvalue weighted by Gasteiger charge is 2.50. The minimum atomic E-state index is -0.691. The van der Waals surface area contributed by atoms with Crippen LogP contribution in [-0.4, -0.2) is 29.9 Å². The SMILES string of the molecule is O=C1OC2(CCN(C(=O)c3ccccc3)CC2)c2occc21. The predicted octanol–water partition coefficient (Wildman–Crippen LogP) is 2.58. The number of carbonyl (C=O) groups is 2. The van der Waals surface area contributed by atoms with E-state index in [2.05, 4.69) is 0 Å². The Morgan fingerprint density at radius 2 is 1.82 bits per heavy atom. The topological polar surface area (TPSA) is 59.8 Å². The minimum Gasteiger partial charge on any atom is -0.464 e. The van der Waals surface area contributed by atoms with Crippen LogP contribution in [0.3, 0.4) is 0 Å². The lowest BCUT2D eigenvalue weighted by molar-refractivity contribution is -0.0489. The Balaban J connectivity index is 1.52. The highest BCUT2D eigenvalue weighted by atomic mass is 16.6. The Hall–Kier alpha value is -2.56. The molecular formula is C17H15NO4. The fourth-order valence-electron chi connectivity index (χ4n) is 3.27. The Bertz CT molecular complexity index is 726. The molecule has 0 aliphatic carbocycles. The smallest absolute Gasteiger partial charge is 0.342 e. The van der Waals surface area contributed by atoms with Gasteiger partial charge >= 0.3 is 5.97 Å². The van der Waals surface area contributed by atoms with Crippen molar-refractivity contribution in [1.29, 1.82) is 0 Å². The van der Waals surface area contributed by atoms with E-state index in [4.69, 9.17) is 9.15 Å². The zero-order valence-corrected chi connectivity index (χ0v) is 12.0. The number of carbonyl (C=O) groups excluding carboxylic acids is 2. The molecule has 2 aliphatic rings. The number of nitrogens with zero attached hydrogens (tertiary/aromatic N) is 1. The molecule has 1 aromatic carbocycles. The van der Waals surface area contributed by atoms with Crippen LogP contribution in [0.1, 0.15) is 39.3 Å². The van der Waals surface area contributed by atoms with E-state index < -0.39 is 5.60 Å². The Kier molecular flexibility index (Phi) is 2.82. The first-order chi connectivity index (χ1) is 10.7. The number of rotatable bonds is 1. The van der Waals surface area contributed by atoms with Gasteiger partial charge in [0.25, 0.3) is 5.91 Å². The monoisotopic (exact) mass is 297 g/mol. The summed E-state index contributed by atoms with van der Waals surface area (Å²) in [6.45, 7) is 1.09. The molecule has 1 fully saturated rings. The standard InChI is InChI=1S/C17H15NO4/c19-15(12-4-2-1-3-5-12)18-9-7-17(8-10-18)14-13(6-11-21-14)16(20)22-17/h1-6,11H,7-10H2. The lowest BCUT2D eigenvalue weighted by Crippen LogP contribution is -2.45. The van der Waals surface area contributed by atoms with Crippen molar-refractivity contribution in [3.63, 3.8) is 0 Å². The van der Waals surface area contributed by atoms with Gasteiger partial charge < -0.3 is 14.1 Å². The summed E-state index contributed by atoms with van der Waals surface area (Å²) in [7, 11) is 0. The highest BCUT2D eigenvalue weighted by Crippen LogP contribution is 2.44. The van der Waals surface area contributed by atoms with E-state index >= 15 is 0 Å². The fraction of sp³-hybridized carbons (Fsp3) is 0.294. The van der Waals surface area contributed by atoms with Crippen LogP contribution in [0.15, 0.2) is 47.1 Å². The molecule has 0 saturated carbocycles. The van der Waals surface area contributed by atoms with Gasteiger partial charge in [0.1, 0.15) is 5.56 Å². The molecule has 5 nitrogen and oxygen atoms in total. The van der Waals surface area contributed by atoms with Gasteiger partial charge in [-0.15, -0.1) is 0 Å². The molecule has 2 aliphatic heterocycles. The van der Waals surface area contributed by atoms with Gasteiger partial charge in [0.05, 0.1) is 6.26 Å². The van der Waals surface area contributed by atoms with E-state index in [1.165, 1.54) is 6.26 Å². The van der Waals surface area contributed by atoms with E-state index in [1.807, 2.05) is 30.3 Å². The summed E-state index contributed by atoms with van der Waals surface area (Å²) in [6, 6.07) is 10.9. The van der Waals surface area contributed by atoms with Gasteiger partial charge in [-0.05, 0) is 18.2 Å². The molecule has 0 N–H and O–H groups in total. The number of benzene rings is 1. The zero-order chi connectivity index (χ0) is 15.2. The first-order valence-electron chi connectivity index (χ1n) is 7.35. The maximum absolute atomic E-state index is 12.5. The maximum atomic E-state index is 12.5. The molecule has 3 heterocycles. The van der Waals surface area contributed by atoms with Crippen molar-refractivity contribution in [2.24, 2.45) is 0 Å². The number of hydrogen-bond donors (Lipinski definition) is 0. The summed E-state index contributed by atoms with van der Waals surface area (Å²) < 4.78 is 11.0. The first kappa shape index (κ1) is 13.1. The molecule has 22 heavy (non-hydrogen) atoms. The molecule has 0 radical (unpaired) electrons. The lowest BCUT2D eigenvalue weighted by atomic mass is 9.88. The molecule has 0 atom stereocenters. The summed E-state index contributed by atoms with van der Waals surface area (Å²) in [5, 5.41) is 0. The minimum absolute atomic E-state index is 0.0134. The highest BCUT2D eigenvalue weighted by molar-refractivity contribution is 5.95. The Morgan fingerprint density at radius 3 is 2.55 bits per heavy atom. The van der Waals surface area contributed by atoms with Crippen LogP contribution in [0.4, 0.5) is 0 Å². The van der Waals surface area contributed by atoms with Crippen LogP contribution < -0.4 is 0 Å². The van der Waals surface area contributed by atoms with Gasteiger partial charge in [-0.2, -0.15) is 0 Å². The molecule has 1 saturated heterocycles. The summed E-state index contributed by atoms with van der Waals surface area (Å²) in [6.07, 6.45) is 2.66. The third kappa shape index (κ3) is 1.85. The zero-order valence-electron chi connectivity index (χ0n) is 12.0. The van der Waals surface area contributed by atoms with Crippen molar-refractivity contribution in [3.05, 3.63) is 59.5 Å². The quantitative estimate of drug-likeness (QED) is 0.759. The van der Waals surface area contributed by atoms with E-state index in [0.717, 1.165) is 0 Å². The van der Waals surface area contributed by atoms with Gasteiger partial charge in [0.2, 0.25) is 0 Å². The molecular weight excluding hydrogens is 282 g/mol. The van der Waals surface area contributed by atoms with Crippen molar-refractivity contribution in [2.75, 3.05) is 13.1 Å². The van der Waals surface area contributed by atoms with Crippen molar-refractivity contribution >= 4 is 11.9 Å². The van der Waals surface area contributed by atoms with Crippen LogP contribution in [0, 0.1) is 0 Å². The number of likely N-dealkylation sites (tertiary alicyclic amines) is 1. The Morgan fingerprint density at radius 1 is 1.09 bits per heavy atom. The van der Waals surface area contributed by atoms with Crippen LogP contribution in [0.5, 0.6) is 0 Å². The van der Waals surface area contributed by atoms with E-state index in [-0.39, 0.29) is 11.9 Å². The third-order valence-electron chi connectivity index (χ3n) is 4.47. The molecule has 1 amide bonds. The maximum Gasteiger partial charge on any atom is 0.342 e. The van der Waals surface area contributed by atoms with Crippen molar-refractivity contribution in [3.8, 4) is 0 Å². The number of esters is 1. The number of ether oxygens (including phenoxy) is 1. The largest absolute Gasteiger partial charge is 0.464 e. The van der Waals surface area contributed by atoms with Crippen LogP contribution in [-0.2, 0) is 10.3 Å². The van der Waals surface area contributed by atoms with Gasteiger partial charge in [0, 0.05) is 31.5 Å². The van der Waals surface area contributed by atoms with Crippen LogP contribution in [0.25, 0.3) is 0 Å². The van der Waals surface area contributed by atoms with Crippen LogP contribution in [0.2, 0.25) is 0 Å². The molecule has 0 bridgehead atoms. The molecule has 112 valence electrons. The summed E-state index contributed by atoms with van der Waals surface area (Å²) in [5.74, 6) is 0.301. The molecule has 2 aromatic rings. The summed E-state index contributed by atoms with van der Waals surface area (Å²) >= 11 is 0. The second-order valence-electron chi connectivity index (χ2n) is 5.71. The average molecular weight is 297 g/mol. The number of fused-ring (bicyclic) bond motifs is 2. The van der Waals surface area contributed by atoms with Crippen molar-refractivity contribution in [1.82, 2.24) is 4.90 Å². The second kappa shape index (κ2) is 4.73. The second-order valence-corrected chi connectivity index (χ2v) is 5.71. The predicted molar refractivity (Wildman–Crippen MR) is 77.4 cm³/mol.